The van der Waals surface area contributed by atoms with E-state index in [0.29, 0.717) is 17.7 Å². The van der Waals surface area contributed by atoms with Crippen LogP contribution in [0.4, 0.5) is 0 Å². The van der Waals surface area contributed by atoms with E-state index in [2.05, 4.69) is 0 Å². The van der Waals surface area contributed by atoms with Gasteiger partial charge >= 0.3 is 0 Å². The maximum Gasteiger partial charge on any atom is 0.160 e. The fraction of sp³-hybridized carbons (Fsp3) is 0.368. The van der Waals surface area contributed by atoms with Crippen molar-refractivity contribution in [1.29, 1.82) is 0 Å². The van der Waals surface area contributed by atoms with Crippen molar-refractivity contribution in [2.45, 2.75) is 12.3 Å². The van der Waals surface area contributed by atoms with E-state index in [1.165, 1.54) is 19.2 Å². The van der Waals surface area contributed by atoms with Gasteiger partial charge in [-0.25, -0.2) is 0 Å². The van der Waals surface area contributed by atoms with Gasteiger partial charge in [-0.15, -0.1) is 0 Å². The molecule has 0 fully saturated rings. The van der Waals surface area contributed by atoms with Crippen molar-refractivity contribution < 1.29 is 30.3 Å². The van der Waals surface area contributed by atoms with E-state index in [1.807, 2.05) is 0 Å². The number of aromatic hydroxyl groups is 3. The van der Waals surface area contributed by atoms with Gasteiger partial charge in [0.25, 0.3) is 0 Å². The summed E-state index contributed by atoms with van der Waals surface area (Å²) in [6.45, 7) is -0.238. The molecule has 0 saturated carbocycles. The van der Waals surface area contributed by atoms with Gasteiger partial charge in [0.2, 0.25) is 0 Å². The highest BCUT2D eigenvalue weighted by Crippen LogP contribution is 2.47. The number of fused-ring (bicyclic) bond motifs is 1. The summed E-state index contributed by atoms with van der Waals surface area (Å²) in [7, 11) is 1.47. The summed E-state index contributed by atoms with van der Waals surface area (Å²) in [6, 6.07) is 7.87. The van der Waals surface area contributed by atoms with Crippen LogP contribution >= 0.6 is 0 Å². The molecule has 6 heteroatoms. The number of aliphatic hydroxyl groups excluding tert-OH is 2. The van der Waals surface area contributed by atoms with Crippen molar-refractivity contribution in [3.63, 3.8) is 0 Å². The van der Waals surface area contributed by atoms with Crippen LogP contribution in [0.5, 0.6) is 23.0 Å². The van der Waals surface area contributed by atoms with Crippen LogP contribution in [0, 0.1) is 11.8 Å². The molecule has 0 aliphatic heterocycles. The predicted molar refractivity (Wildman–Crippen MR) is 91.1 cm³/mol. The zero-order chi connectivity index (χ0) is 18.1. The van der Waals surface area contributed by atoms with E-state index < -0.39 is 0 Å². The number of methoxy groups -OCH3 is 1. The Hall–Kier alpha value is -2.44. The highest BCUT2D eigenvalue weighted by Gasteiger charge is 2.38. The molecule has 3 rings (SSSR count). The number of hydrogen-bond acceptors (Lipinski definition) is 6. The Morgan fingerprint density at radius 1 is 0.960 bits per heavy atom. The van der Waals surface area contributed by atoms with Gasteiger partial charge in [-0.05, 0) is 59.2 Å². The molecule has 0 aromatic heterocycles. The van der Waals surface area contributed by atoms with Gasteiger partial charge in [0.15, 0.2) is 23.0 Å². The van der Waals surface area contributed by atoms with Gasteiger partial charge in [-0.2, -0.15) is 0 Å². The molecule has 0 saturated heterocycles. The normalized spacial score (nSPS) is 22.4. The molecule has 0 heterocycles. The second kappa shape index (κ2) is 6.82. The van der Waals surface area contributed by atoms with Crippen molar-refractivity contribution in [2.75, 3.05) is 20.3 Å². The van der Waals surface area contributed by atoms with Crippen LogP contribution in [-0.2, 0) is 6.42 Å². The van der Waals surface area contributed by atoms with E-state index >= 15 is 0 Å². The molecule has 25 heavy (non-hydrogen) atoms. The molecule has 0 spiro atoms. The Bertz CT molecular complexity index is 773. The Morgan fingerprint density at radius 2 is 1.72 bits per heavy atom. The monoisotopic (exact) mass is 346 g/mol. The van der Waals surface area contributed by atoms with Crippen molar-refractivity contribution >= 4 is 0 Å². The highest BCUT2D eigenvalue weighted by molar-refractivity contribution is 5.53. The molecule has 2 aromatic rings. The zero-order valence-electron chi connectivity index (χ0n) is 13.9. The second-order valence-corrected chi connectivity index (χ2v) is 6.44. The largest absolute Gasteiger partial charge is 0.504 e. The number of phenols is 3. The van der Waals surface area contributed by atoms with E-state index in [0.717, 1.165) is 11.1 Å². The third kappa shape index (κ3) is 2.99. The Labute approximate surface area is 145 Å². The lowest BCUT2D eigenvalue weighted by atomic mass is 9.67. The number of aliphatic hydroxyl groups is 2. The Balaban J connectivity index is 2.19. The van der Waals surface area contributed by atoms with Gasteiger partial charge in [-0.3, -0.25) is 0 Å². The molecule has 0 bridgehead atoms. The fourth-order valence-electron chi connectivity index (χ4n) is 3.81. The lowest BCUT2D eigenvalue weighted by Crippen LogP contribution is -2.35. The first kappa shape index (κ1) is 17.4. The third-order valence-corrected chi connectivity index (χ3v) is 5.10. The molecule has 2 aromatic carbocycles. The maximum absolute atomic E-state index is 10.2. The average molecular weight is 346 g/mol. The minimum absolute atomic E-state index is 0.00612. The maximum atomic E-state index is 10.2. The molecular weight excluding hydrogens is 324 g/mol. The van der Waals surface area contributed by atoms with Crippen LogP contribution in [0.25, 0.3) is 0 Å². The summed E-state index contributed by atoms with van der Waals surface area (Å²) < 4.78 is 5.17. The van der Waals surface area contributed by atoms with Gasteiger partial charge in [0.05, 0.1) is 7.11 Å². The first-order valence-corrected chi connectivity index (χ1v) is 8.13. The van der Waals surface area contributed by atoms with Crippen LogP contribution in [0.3, 0.4) is 0 Å². The summed E-state index contributed by atoms with van der Waals surface area (Å²) in [5.74, 6) is -0.925. The van der Waals surface area contributed by atoms with E-state index in [4.69, 9.17) is 4.74 Å². The first-order valence-electron chi connectivity index (χ1n) is 8.13. The van der Waals surface area contributed by atoms with E-state index in [-0.39, 0.29) is 48.2 Å². The molecule has 5 N–H and O–H groups in total. The van der Waals surface area contributed by atoms with Crippen LogP contribution in [0.15, 0.2) is 30.3 Å². The van der Waals surface area contributed by atoms with Crippen LogP contribution < -0.4 is 4.74 Å². The molecule has 0 radical (unpaired) electrons. The van der Waals surface area contributed by atoms with Gasteiger partial charge in [0, 0.05) is 19.1 Å². The predicted octanol–water partition coefficient (Wildman–Crippen LogP) is 1.72. The Morgan fingerprint density at radius 3 is 2.32 bits per heavy atom. The Kier molecular flexibility index (Phi) is 4.74. The number of hydrogen-bond donors (Lipinski definition) is 5. The first-order chi connectivity index (χ1) is 12.0. The smallest absolute Gasteiger partial charge is 0.160 e. The lowest BCUT2D eigenvalue weighted by Gasteiger charge is -2.38. The van der Waals surface area contributed by atoms with Gasteiger partial charge in [0.1, 0.15) is 0 Å². The topological polar surface area (TPSA) is 110 Å². The average Bonchev–Trinajstić information content (AvgIpc) is 2.62. The standard InChI is InChI=1S/C19H22O6/c1-25-18-6-11-4-12(8-20)14(9-21)19(13(11)7-17(18)24)10-2-3-15(22)16(23)5-10/h2-3,5-7,12,14,19-24H,4,8-9H2,1H3/t12-,14-,19+/m0/s1. The number of phenolic OH excluding ortho intramolecular Hbond substituents is 3. The van der Waals surface area contributed by atoms with Crippen LogP contribution in [-0.4, -0.2) is 45.9 Å². The third-order valence-electron chi connectivity index (χ3n) is 5.10. The zero-order valence-corrected chi connectivity index (χ0v) is 13.9. The fourth-order valence-corrected chi connectivity index (χ4v) is 3.81. The minimum Gasteiger partial charge on any atom is -0.504 e. The summed E-state index contributed by atoms with van der Waals surface area (Å²) in [6.07, 6.45) is 0.550. The highest BCUT2D eigenvalue weighted by atomic mass is 16.5. The minimum atomic E-state index is -0.339. The van der Waals surface area contributed by atoms with Crippen molar-refractivity contribution in [1.82, 2.24) is 0 Å². The van der Waals surface area contributed by atoms with Crippen molar-refractivity contribution in [3.8, 4) is 23.0 Å². The van der Waals surface area contributed by atoms with Gasteiger partial charge < -0.3 is 30.3 Å². The van der Waals surface area contributed by atoms with Crippen molar-refractivity contribution in [2.24, 2.45) is 11.8 Å². The quantitative estimate of drug-likeness (QED) is 0.539. The molecule has 3 atom stereocenters. The summed E-state index contributed by atoms with van der Waals surface area (Å²) in [5, 5.41) is 49.3. The van der Waals surface area contributed by atoms with Crippen LogP contribution in [0.1, 0.15) is 22.6 Å². The summed E-state index contributed by atoms with van der Waals surface area (Å²) in [4.78, 5) is 0. The summed E-state index contributed by atoms with van der Waals surface area (Å²) >= 11 is 0. The molecule has 6 nitrogen and oxygen atoms in total. The molecule has 1 aliphatic carbocycles. The number of benzene rings is 2. The second-order valence-electron chi connectivity index (χ2n) is 6.44. The number of rotatable bonds is 4. The van der Waals surface area contributed by atoms with Crippen molar-refractivity contribution in [3.05, 3.63) is 47.0 Å². The molecular formula is C19H22O6. The summed E-state index contributed by atoms with van der Waals surface area (Å²) in [5.41, 5.74) is 2.42. The molecule has 134 valence electrons. The molecule has 0 unspecified atom stereocenters. The lowest BCUT2D eigenvalue weighted by molar-refractivity contribution is 0.101. The van der Waals surface area contributed by atoms with E-state index in [9.17, 15) is 25.5 Å². The number of ether oxygens (including phenoxy) is 1. The molecule has 1 aliphatic rings. The SMILES string of the molecule is COc1cc2c(cc1O)[C@@H](c1ccc(O)c(O)c1)[C@@H](CO)[C@H](CO)C2. The van der Waals surface area contributed by atoms with E-state index in [1.54, 1.807) is 18.2 Å². The van der Waals surface area contributed by atoms with Gasteiger partial charge in [-0.1, -0.05) is 6.07 Å². The van der Waals surface area contributed by atoms with Crippen LogP contribution in [0.2, 0.25) is 0 Å². The molecule has 0 amide bonds.